The first-order valence-electron chi connectivity index (χ1n) is 11.2. The lowest BCUT2D eigenvalue weighted by Crippen LogP contribution is -2.55. The van der Waals surface area contributed by atoms with Crippen molar-refractivity contribution in [3.05, 3.63) is 63.6 Å². The van der Waals surface area contributed by atoms with E-state index >= 15 is 0 Å². The molecule has 1 atom stereocenters. The number of rotatable bonds is 9. The summed E-state index contributed by atoms with van der Waals surface area (Å²) in [6.07, 6.45) is 1.35. The van der Waals surface area contributed by atoms with Crippen molar-refractivity contribution in [2.75, 3.05) is 17.1 Å². The van der Waals surface area contributed by atoms with E-state index < -0.39 is 34.1 Å². The van der Waals surface area contributed by atoms with Crippen molar-refractivity contribution >= 4 is 50.7 Å². The van der Waals surface area contributed by atoms with Crippen LogP contribution in [0.2, 0.25) is 10.0 Å². The van der Waals surface area contributed by atoms with Crippen LogP contribution in [0.5, 0.6) is 0 Å². The molecule has 10 heteroatoms. The summed E-state index contributed by atoms with van der Waals surface area (Å²) in [6.45, 7) is 8.94. The molecule has 1 N–H and O–H groups in total. The lowest BCUT2D eigenvalue weighted by Gasteiger charge is -2.35. The minimum absolute atomic E-state index is 0.0960. The Kier molecular flexibility index (Phi) is 9.62. The zero-order chi connectivity index (χ0) is 26.6. The highest BCUT2D eigenvalue weighted by atomic mass is 35.5. The number of aryl methyl sites for hydroxylation is 1. The van der Waals surface area contributed by atoms with Gasteiger partial charge < -0.3 is 10.2 Å². The summed E-state index contributed by atoms with van der Waals surface area (Å²) in [7, 11) is -3.89. The van der Waals surface area contributed by atoms with E-state index in [1.54, 1.807) is 0 Å². The number of benzene rings is 2. The van der Waals surface area contributed by atoms with Gasteiger partial charge in [-0.15, -0.1) is 0 Å². The van der Waals surface area contributed by atoms with Crippen molar-refractivity contribution < 1.29 is 18.0 Å². The topological polar surface area (TPSA) is 86.8 Å². The predicted octanol–water partition coefficient (Wildman–Crippen LogP) is 4.79. The van der Waals surface area contributed by atoms with Gasteiger partial charge in [0, 0.05) is 17.1 Å². The lowest BCUT2D eigenvalue weighted by molar-refractivity contribution is -0.141. The van der Waals surface area contributed by atoms with Crippen LogP contribution in [0.1, 0.15) is 45.2 Å². The van der Waals surface area contributed by atoms with Crippen LogP contribution in [0, 0.1) is 6.92 Å². The molecule has 0 aromatic heterocycles. The monoisotopic (exact) mass is 541 g/mol. The Morgan fingerprint density at radius 1 is 1.09 bits per heavy atom. The fourth-order valence-corrected chi connectivity index (χ4v) is 5.04. The minimum atomic E-state index is -3.89. The van der Waals surface area contributed by atoms with E-state index in [4.69, 9.17) is 23.2 Å². The van der Waals surface area contributed by atoms with Crippen molar-refractivity contribution in [1.82, 2.24) is 10.2 Å². The molecule has 0 heterocycles. The summed E-state index contributed by atoms with van der Waals surface area (Å²) in [6, 6.07) is 11.1. The molecule has 35 heavy (non-hydrogen) atoms. The Bertz CT molecular complexity index is 1180. The predicted molar refractivity (Wildman–Crippen MR) is 142 cm³/mol. The van der Waals surface area contributed by atoms with Gasteiger partial charge in [-0.25, -0.2) is 8.42 Å². The van der Waals surface area contributed by atoms with Gasteiger partial charge in [-0.2, -0.15) is 0 Å². The first-order chi connectivity index (χ1) is 16.1. The Morgan fingerprint density at radius 2 is 1.71 bits per heavy atom. The van der Waals surface area contributed by atoms with Gasteiger partial charge in [0.05, 0.1) is 17.0 Å². The average molecular weight is 543 g/mol. The second kappa shape index (κ2) is 11.6. The van der Waals surface area contributed by atoms with Crippen LogP contribution in [0.15, 0.2) is 42.5 Å². The molecule has 0 bridgehead atoms. The Balaban J connectivity index is 2.51. The van der Waals surface area contributed by atoms with Gasteiger partial charge in [0.15, 0.2) is 0 Å². The van der Waals surface area contributed by atoms with Crippen LogP contribution in [-0.2, 0) is 26.2 Å². The smallest absolute Gasteiger partial charge is 0.244 e. The van der Waals surface area contributed by atoms with Crippen molar-refractivity contribution in [3.63, 3.8) is 0 Å². The number of sulfonamides is 1. The zero-order valence-electron chi connectivity index (χ0n) is 20.9. The molecule has 0 radical (unpaired) electrons. The summed E-state index contributed by atoms with van der Waals surface area (Å²) < 4.78 is 26.3. The van der Waals surface area contributed by atoms with Crippen LogP contribution in [-0.4, -0.2) is 49.5 Å². The molecule has 0 aliphatic rings. The molecule has 0 saturated carbocycles. The summed E-state index contributed by atoms with van der Waals surface area (Å²) in [4.78, 5) is 28.3. The van der Waals surface area contributed by atoms with Gasteiger partial charge in [-0.05, 0) is 63.4 Å². The number of carbonyl (C=O) groups excluding carboxylic acids is 2. The van der Waals surface area contributed by atoms with Gasteiger partial charge >= 0.3 is 0 Å². The molecule has 0 fully saturated rings. The van der Waals surface area contributed by atoms with E-state index in [2.05, 4.69) is 5.32 Å². The number of nitrogens with one attached hydrogen (secondary N) is 1. The number of halogens is 2. The van der Waals surface area contributed by atoms with Crippen molar-refractivity contribution in [2.45, 2.75) is 59.2 Å². The van der Waals surface area contributed by atoms with Gasteiger partial charge in [-0.3, -0.25) is 13.9 Å². The molecule has 0 saturated heterocycles. The first-order valence-corrected chi connectivity index (χ1v) is 13.8. The summed E-state index contributed by atoms with van der Waals surface area (Å²) >= 11 is 12.3. The van der Waals surface area contributed by atoms with Crippen LogP contribution < -0.4 is 9.62 Å². The zero-order valence-corrected chi connectivity index (χ0v) is 23.3. The molecule has 1 unspecified atom stereocenters. The largest absolute Gasteiger partial charge is 0.350 e. The number of nitrogens with zero attached hydrogens (tertiary/aromatic N) is 2. The van der Waals surface area contributed by atoms with Gasteiger partial charge in [-0.1, -0.05) is 54.4 Å². The van der Waals surface area contributed by atoms with E-state index in [1.165, 1.54) is 23.1 Å². The molecule has 2 amide bonds. The number of anilines is 1. The molecule has 2 rings (SSSR count). The summed E-state index contributed by atoms with van der Waals surface area (Å²) in [5.41, 5.74) is 1.45. The third-order valence-electron chi connectivity index (χ3n) is 5.34. The van der Waals surface area contributed by atoms with Gasteiger partial charge in [0.2, 0.25) is 21.8 Å². The number of carbonyl (C=O) groups is 2. The first kappa shape index (κ1) is 28.9. The van der Waals surface area contributed by atoms with E-state index in [0.717, 1.165) is 21.7 Å². The number of amides is 2. The second-order valence-corrected chi connectivity index (χ2v) is 12.2. The molecule has 0 spiro atoms. The molecular formula is C25H33Cl2N3O4S. The standard InChI is InChI=1S/C25H33Cl2N3O4S/c1-7-21(24(32)28-25(3,4)5)29(15-18-11-9-8-10-17(18)2)23(31)16-30(35(6,33)34)22-13-12-19(26)14-20(22)27/h8-14,21H,7,15-16H2,1-6H3,(H,28,32). The molecular weight excluding hydrogens is 509 g/mol. The molecule has 0 aliphatic carbocycles. The summed E-state index contributed by atoms with van der Waals surface area (Å²) in [5.74, 6) is -0.835. The Labute approximate surface area is 218 Å². The number of hydrogen-bond donors (Lipinski definition) is 1. The van der Waals surface area contributed by atoms with Crippen molar-refractivity contribution in [2.24, 2.45) is 0 Å². The average Bonchev–Trinajstić information content (AvgIpc) is 2.71. The molecule has 2 aromatic carbocycles. The fourth-order valence-electron chi connectivity index (χ4n) is 3.62. The van der Waals surface area contributed by atoms with E-state index in [-0.39, 0.29) is 23.2 Å². The SMILES string of the molecule is CCC(C(=O)NC(C)(C)C)N(Cc1ccccc1C)C(=O)CN(c1ccc(Cl)cc1Cl)S(C)(=O)=O. The summed E-state index contributed by atoms with van der Waals surface area (Å²) in [5, 5.41) is 3.37. The maximum atomic E-state index is 13.7. The maximum Gasteiger partial charge on any atom is 0.244 e. The fraction of sp³-hybridized carbons (Fsp3) is 0.440. The molecule has 0 aliphatic heterocycles. The third kappa shape index (κ3) is 8.12. The normalized spacial score (nSPS) is 12.7. The van der Waals surface area contributed by atoms with E-state index in [9.17, 15) is 18.0 Å². The molecule has 2 aromatic rings. The van der Waals surface area contributed by atoms with E-state index in [0.29, 0.717) is 11.4 Å². The molecule has 7 nitrogen and oxygen atoms in total. The van der Waals surface area contributed by atoms with Crippen LogP contribution in [0.3, 0.4) is 0 Å². The van der Waals surface area contributed by atoms with Crippen LogP contribution in [0.25, 0.3) is 0 Å². The van der Waals surface area contributed by atoms with Gasteiger partial charge in [0.1, 0.15) is 12.6 Å². The second-order valence-electron chi connectivity index (χ2n) is 9.48. The van der Waals surface area contributed by atoms with E-state index in [1.807, 2.05) is 58.9 Å². The third-order valence-corrected chi connectivity index (χ3v) is 7.01. The minimum Gasteiger partial charge on any atom is -0.350 e. The number of hydrogen-bond acceptors (Lipinski definition) is 4. The van der Waals surface area contributed by atoms with Crippen molar-refractivity contribution in [1.29, 1.82) is 0 Å². The van der Waals surface area contributed by atoms with Gasteiger partial charge in [0.25, 0.3) is 0 Å². The van der Waals surface area contributed by atoms with Crippen LogP contribution in [0.4, 0.5) is 5.69 Å². The Hall–Kier alpha value is -2.29. The highest BCUT2D eigenvalue weighted by Gasteiger charge is 2.33. The van der Waals surface area contributed by atoms with Crippen LogP contribution >= 0.6 is 23.2 Å². The van der Waals surface area contributed by atoms with Crippen molar-refractivity contribution in [3.8, 4) is 0 Å². The highest BCUT2D eigenvalue weighted by molar-refractivity contribution is 7.92. The highest BCUT2D eigenvalue weighted by Crippen LogP contribution is 2.30. The quantitative estimate of drug-likeness (QED) is 0.494. The Morgan fingerprint density at radius 3 is 2.23 bits per heavy atom. The molecule has 192 valence electrons. The maximum absolute atomic E-state index is 13.7. The lowest BCUT2D eigenvalue weighted by atomic mass is 10.0.